The van der Waals surface area contributed by atoms with Gasteiger partial charge in [-0.1, -0.05) is 0 Å². The number of ether oxygens (including phenoxy) is 1. The maximum absolute atomic E-state index is 14.6. The second-order valence-corrected chi connectivity index (χ2v) is 8.13. The Hall–Kier alpha value is -2.75. The summed E-state index contributed by atoms with van der Waals surface area (Å²) in [5.41, 5.74) is 1.52. The lowest BCUT2D eigenvalue weighted by atomic mass is 10.1. The van der Waals surface area contributed by atoms with Crippen LogP contribution in [-0.2, 0) is 9.92 Å². The van der Waals surface area contributed by atoms with Gasteiger partial charge in [-0.2, -0.15) is 0 Å². The van der Waals surface area contributed by atoms with E-state index in [1.165, 1.54) is 19.1 Å². The fourth-order valence-electron chi connectivity index (χ4n) is 2.61. The predicted octanol–water partition coefficient (Wildman–Crippen LogP) is 3.42. The number of methoxy groups -OCH3 is 1. The van der Waals surface area contributed by atoms with E-state index in [4.69, 9.17) is 9.52 Å². The molecule has 4 N–H and O–H groups in total. The number of aliphatic hydroxyl groups excluding tert-OH is 1. The topological polar surface area (TPSA) is 107 Å². The summed E-state index contributed by atoms with van der Waals surface area (Å²) in [4.78, 5) is 4.29. The van der Waals surface area contributed by atoms with E-state index in [0.29, 0.717) is 17.0 Å². The monoisotopic (exact) mass is 404 g/mol. The molecular formula is C19H21FN4O3S. The SMILES string of the molecule is COc1ccc2c(Nc3ccc([S@](=N)(=O)NC[C@H](C)O)cc3F)ccnc2c1. The summed E-state index contributed by atoms with van der Waals surface area (Å²) in [5, 5.41) is 13.1. The van der Waals surface area contributed by atoms with Crippen molar-refractivity contribution in [1.82, 2.24) is 9.71 Å². The summed E-state index contributed by atoms with van der Waals surface area (Å²) in [5.74, 6) is 0.0254. The number of rotatable bonds is 7. The molecule has 0 saturated heterocycles. The van der Waals surface area contributed by atoms with Crippen LogP contribution >= 0.6 is 0 Å². The van der Waals surface area contributed by atoms with Gasteiger partial charge in [0.25, 0.3) is 0 Å². The minimum atomic E-state index is -3.41. The Labute approximate surface area is 162 Å². The molecule has 0 bridgehead atoms. The van der Waals surface area contributed by atoms with Gasteiger partial charge in [0.05, 0.1) is 29.3 Å². The first-order valence-corrected chi connectivity index (χ1v) is 10.1. The molecule has 28 heavy (non-hydrogen) atoms. The second kappa shape index (κ2) is 8.09. The van der Waals surface area contributed by atoms with Crippen molar-refractivity contribution in [1.29, 1.82) is 4.78 Å². The molecule has 1 heterocycles. The molecule has 148 valence electrons. The van der Waals surface area contributed by atoms with Crippen LogP contribution < -0.4 is 14.8 Å². The number of fused-ring (bicyclic) bond motifs is 1. The molecule has 2 atom stereocenters. The number of nitrogens with zero attached hydrogens (tertiary/aromatic N) is 1. The molecule has 7 nitrogen and oxygen atoms in total. The first-order chi connectivity index (χ1) is 13.3. The predicted molar refractivity (Wildman–Crippen MR) is 107 cm³/mol. The van der Waals surface area contributed by atoms with E-state index in [1.54, 1.807) is 31.5 Å². The van der Waals surface area contributed by atoms with Crippen LogP contribution in [0.25, 0.3) is 10.9 Å². The van der Waals surface area contributed by atoms with Gasteiger partial charge in [0, 0.05) is 29.9 Å². The largest absolute Gasteiger partial charge is 0.497 e. The summed E-state index contributed by atoms with van der Waals surface area (Å²) in [6.45, 7) is 1.47. The Bertz CT molecular complexity index is 1100. The highest BCUT2D eigenvalue weighted by molar-refractivity contribution is 7.90. The Kier molecular flexibility index (Phi) is 5.78. The number of aliphatic hydroxyl groups is 1. The van der Waals surface area contributed by atoms with Crippen LogP contribution in [0.2, 0.25) is 0 Å². The molecule has 3 aromatic rings. The molecule has 1 aromatic heterocycles. The third-order valence-corrected chi connectivity index (χ3v) is 5.56. The van der Waals surface area contributed by atoms with Crippen molar-refractivity contribution in [2.75, 3.05) is 19.0 Å². The Morgan fingerprint density at radius 2 is 2.04 bits per heavy atom. The highest BCUT2D eigenvalue weighted by atomic mass is 32.2. The summed E-state index contributed by atoms with van der Waals surface area (Å²) in [6.07, 6.45) is 0.836. The molecular weight excluding hydrogens is 383 g/mol. The lowest BCUT2D eigenvalue weighted by Crippen LogP contribution is -2.29. The first-order valence-electron chi connectivity index (χ1n) is 8.51. The minimum Gasteiger partial charge on any atom is -0.497 e. The van der Waals surface area contributed by atoms with Gasteiger partial charge in [-0.05, 0) is 43.3 Å². The summed E-state index contributed by atoms with van der Waals surface area (Å²) in [7, 11) is -1.84. The quantitative estimate of drug-likeness (QED) is 0.483. The number of benzene rings is 2. The first kappa shape index (κ1) is 20.0. The van der Waals surface area contributed by atoms with Crippen molar-refractivity contribution in [2.24, 2.45) is 0 Å². The van der Waals surface area contributed by atoms with Gasteiger partial charge in [-0.3, -0.25) is 4.98 Å². The van der Waals surface area contributed by atoms with E-state index < -0.39 is 21.8 Å². The van der Waals surface area contributed by atoms with E-state index in [9.17, 15) is 13.7 Å². The van der Waals surface area contributed by atoms with Gasteiger partial charge < -0.3 is 15.2 Å². The molecule has 3 rings (SSSR count). The molecule has 0 saturated carbocycles. The van der Waals surface area contributed by atoms with Gasteiger partial charge in [-0.25, -0.2) is 18.1 Å². The third-order valence-electron chi connectivity index (χ3n) is 4.07. The van der Waals surface area contributed by atoms with Gasteiger partial charge in [0.15, 0.2) is 0 Å². The number of pyridine rings is 1. The number of nitrogens with one attached hydrogen (secondary N) is 3. The zero-order chi connectivity index (χ0) is 20.3. The standard InChI is InChI=1S/C19H21FN4O3S/c1-12(25)11-23-28(21,26)14-4-6-18(16(20)10-14)24-17-7-8-22-19-9-13(27-2)3-5-15(17)19/h3-10,12,25H,11H2,1-2H3,(H,22,24)(H2,21,23,26)/t12-,28+/m0/s1. The normalized spacial score (nSPS) is 14.4. The number of hydrogen-bond donors (Lipinski definition) is 4. The number of aromatic nitrogens is 1. The van der Waals surface area contributed by atoms with Crippen LogP contribution in [0.15, 0.2) is 53.6 Å². The van der Waals surface area contributed by atoms with Gasteiger partial charge >= 0.3 is 0 Å². The van der Waals surface area contributed by atoms with E-state index in [2.05, 4.69) is 15.0 Å². The molecule has 0 aliphatic heterocycles. The molecule has 0 radical (unpaired) electrons. The summed E-state index contributed by atoms with van der Waals surface area (Å²) >= 11 is 0. The lowest BCUT2D eigenvalue weighted by Gasteiger charge is -2.14. The summed E-state index contributed by atoms with van der Waals surface area (Å²) in [6, 6.07) is 11.0. The average Bonchev–Trinajstić information content (AvgIpc) is 2.67. The van der Waals surface area contributed by atoms with Gasteiger partial charge in [-0.15, -0.1) is 0 Å². The Balaban J connectivity index is 1.89. The van der Waals surface area contributed by atoms with E-state index in [-0.39, 0.29) is 17.1 Å². The van der Waals surface area contributed by atoms with E-state index in [0.717, 1.165) is 11.5 Å². The van der Waals surface area contributed by atoms with Crippen molar-refractivity contribution >= 4 is 32.2 Å². The minimum absolute atomic E-state index is 0.000484. The number of anilines is 2. The molecule has 0 unspecified atom stereocenters. The van der Waals surface area contributed by atoms with Crippen molar-refractivity contribution < 1.29 is 18.4 Å². The van der Waals surface area contributed by atoms with Crippen LogP contribution in [0, 0.1) is 10.6 Å². The zero-order valence-corrected chi connectivity index (χ0v) is 16.2. The lowest BCUT2D eigenvalue weighted by molar-refractivity contribution is 0.199. The molecule has 9 heteroatoms. The Morgan fingerprint density at radius 1 is 1.25 bits per heavy atom. The van der Waals surface area contributed by atoms with Crippen LogP contribution in [-0.4, -0.2) is 34.1 Å². The van der Waals surface area contributed by atoms with E-state index >= 15 is 0 Å². The molecule has 0 amide bonds. The molecule has 2 aromatic carbocycles. The van der Waals surface area contributed by atoms with Crippen molar-refractivity contribution in [3.05, 3.63) is 54.5 Å². The molecule has 0 aliphatic rings. The fraction of sp³-hybridized carbons (Fsp3) is 0.211. The third kappa shape index (κ3) is 4.38. The van der Waals surface area contributed by atoms with Crippen molar-refractivity contribution in [3.63, 3.8) is 0 Å². The number of halogens is 1. The maximum Gasteiger partial charge on any atom is 0.147 e. The van der Waals surface area contributed by atoms with Crippen LogP contribution in [0.4, 0.5) is 15.8 Å². The molecule has 0 fully saturated rings. The van der Waals surface area contributed by atoms with Crippen molar-refractivity contribution in [2.45, 2.75) is 17.9 Å². The fourth-order valence-corrected chi connectivity index (χ4v) is 3.78. The van der Waals surface area contributed by atoms with E-state index in [1.807, 2.05) is 6.07 Å². The maximum atomic E-state index is 14.6. The van der Waals surface area contributed by atoms with Crippen LogP contribution in [0.5, 0.6) is 5.75 Å². The highest BCUT2D eigenvalue weighted by Crippen LogP contribution is 2.29. The zero-order valence-electron chi connectivity index (χ0n) is 15.4. The van der Waals surface area contributed by atoms with Crippen LogP contribution in [0.1, 0.15) is 6.92 Å². The van der Waals surface area contributed by atoms with Gasteiger partial charge in [0.1, 0.15) is 21.5 Å². The smallest absolute Gasteiger partial charge is 0.147 e. The van der Waals surface area contributed by atoms with Crippen molar-refractivity contribution in [3.8, 4) is 5.75 Å². The van der Waals surface area contributed by atoms with Gasteiger partial charge in [0.2, 0.25) is 0 Å². The molecule has 0 aliphatic carbocycles. The number of hydrogen-bond acceptors (Lipinski definition) is 6. The molecule has 0 spiro atoms. The average molecular weight is 404 g/mol. The second-order valence-electron chi connectivity index (χ2n) is 6.26. The highest BCUT2D eigenvalue weighted by Gasteiger charge is 2.14. The summed E-state index contributed by atoms with van der Waals surface area (Å²) < 4.78 is 42.5. The Morgan fingerprint density at radius 3 is 2.71 bits per heavy atom. The van der Waals surface area contributed by atoms with Crippen LogP contribution in [0.3, 0.4) is 0 Å².